The molecule has 5 rings (SSSR count). The highest BCUT2D eigenvalue weighted by Gasteiger charge is 2.17. The van der Waals surface area contributed by atoms with Gasteiger partial charge in [0.2, 0.25) is 11.8 Å². The predicted molar refractivity (Wildman–Crippen MR) is 115 cm³/mol. The van der Waals surface area contributed by atoms with Crippen molar-refractivity contribution >= 4 is 33.8 Å². The summed E-state index contributed by atoms with van der Waals surface area (Å²) >= 11 is 7.53. The first kappa shape index (κ1) is 18.9. The third-order valence-corrected chi connectivity index (χ3v) is 6.33. The van der Waals surface area contributed by atoms with Gasteiger partial charge in [0.05, 0.1) is 5.69 Å². The van der Waals surface area contributed by atoms with E-state index in [4.69, 9.17) is 21.1 Å². The molecule has 2 aromatic carbocycles. The molecule has 0 radical (unpaired) electrons. The lowest BCUT2D eigenvalue weighted by atomic mass is 10.2. The van der Waals surface area contributed by atoms with Gasteiger partial charge in [0, 0.05) is 34.0 Å². The summed E-state index contributed by atoms with van der Waals surface area (Å²) < 4.78 is 12.5. The number of nitrogens with one attached hydrogen (secondary N) is 1. The molecule has 7 nitrogen and oxygen atoms in total. The zero-order valence-electron chi connectivity index (χ0n) is 16.0. The maximum atomic E-state index is 12.4. The zero-order valence-corrected chi connectivity index (χ0v) is 17.6. The second-order valence-electron chi connectivity index (χ2n) is 6.82. The van der Waals surface area contributed by atoms with E-state index in [0.29, 0.717) is 40.9 Å². The molecule has 0 fully saturated rings. The first-order valence-corrected chi connectivity index (χ1v) is 10.6. The number of nitrogens with zero attached hydrogens (tertiary/aromatic N) is 3. The van der Waals surface area contributed by atoms with E-state index >= 15 is 0 Å². The lowest BCUT2D eigenvalue weighted by Crippen LogP contribution is -2.25. The van der Waals surface area contributed by atoms with Gasteiger partial charge in [-0.3, -0.25) is 4.79 Å². The van der Waals surface area contributed by atoms with Crippen molar-refractivity contribution in [3.8, 4) is 22.9 Å². The summed E-state index contributed by atoms with van der Waals surface area (Å²) in [5, 5.41) is 8.25. The molecule has 1 aliphatic heterocycles. The first-order chi connectivity index (χ1) is 14.6. The summed E-state index contributed by atoms with van der Waals surface area (Å²) in [5.41, 5.74) is 2.50. The Morgan fingerprint density at radius 3 is 2.80 bits per heavy atom. The number of fused-ring (bicyclic) bond motifs is 2. The molecule has 3 heterocycles. The average molecular weight is 441 g/mol. The number of benzene rings is 2. The summed E-state index contributed by atoms with van der Waals surface area (Å²) in [6, 6.07) is 12.6. The van der Waals surface area contributed by atoms with Crippen LogP contribution in [0.5, 0.6) is 11.5 Å². The largest absolute Gasteiger partial charge is 0.454 e. The van der Waals surface area contributed by atoms with Crippen LogP contribution in [0.4, 0.5) is 0 Å². The first-order valence-electron chi connectivity index (χ1n) is 9.37. The molecule has 0 saturated heterocycles. The van der Waals surface area contributed by atoms with E-state index in [0.717, 1.165) is 21.1 Å². The molecule has 0 unspecified atom stereocenters. The number of ether oxygens (including phenoxy) is 2. The van der Waals surface area contributed by atoms with Crippen LogP contribution in [0.25, 0.3) is 16.3 Å². The van der Waals surface area contributed by atoms with Gasteiger partial charge in [0.25, 0.3) is 5.91 Å². The molecule has 1 N–H and O–H groups in total. The molecule has 9 heteroatoms. The molecule has 30 heavy (non-hydrogen) atoms. The number of thiazole rings is 1. The molecule has 0 aliphatic carbocycles. The molecular weight excluding hydrogens is 424 g/mol. The van der Waals surface area contributed by atoms with Crippen LogP contribution in [0.1, 0.15) is 20.9 Å². The fourth-order valence-corrected chi connectivity index (χ4v) is 4.45. The molecule has 1 amide bonds. The van der Waals surface area contributed by atoms with Crippen molar-refractivity contribution in [1.82, 2.24) is 19.9 Å². The molecule has 0 saturated carbocycles. The lowest BCUT2D eigenvalue weighted by molar-refractivity contribution is 0.0953. The number of aromatic nitrogens is 3. The van der Waals surface area contributed by atoms with Crippen molar-refractivity contribution in [2.45, 2.75) is 13.3 Å². The van der Waals surface area contributed by atoms with Gasteiger partial charge in [-0.1, -0.05) is 22.9 Å². The molecular formula is C21H17ClN4O3S. The van der Waals surface area contributed by atoms with Gasteiger partial charge in [0.1, 0.15) is 0 Å². The van der Waals surface area contributed by atoms with Crippen LogP contribution in [-0.4, -0.2) is 33.8 Å². The number of halogens is 1. The van der Waals surface area contributed by atoms with Gasteiger partial charge in [-0.05, 0) is 49.4 Å². The van der Waals surface area contributed by atoms with Crippen molar-refractivity contribution < 1.29 is 14.3 Å². The van der Waals surface area contributed by atoms with Gasteiger partial charge < -0.3 is 14.8 Å². The Bertz CT molecular complexity index is 1250. The Labute approximate surface area is 181 Å². The quantitative estimate of drug-likeness (QED) is 0.505. The smallest absolute Gasteiger partial charge is 0.251 e. The predicted octanol–water partition coefficient (Wildman–Crippen LogP) is 4.12. The minimum atomic E-state index is -0.143. The number of rotatable bonds is 5. The minimum Gasteiger partial charge on any atom is -0.454 e. The van der Waals surface area contributed by atoms with E-state index in [2.05, 4.69) is 15.4 Å². The van der Waals surface area contributed by atoms with E-state index in [1.54, 1.807) is 29.5 Å². The van der Waals surface area contributed by atoms with Crippen molar-refractivity contribution in [2.75, 3.05) is 13.3 Å². The average Bonchev–Trinajstić information content (AvgIpc) is 3.45. The topological polar surface area (TPSA) is 77.8 Å². The molecule has 1 aliphatic rings. The molecule has 0 bridgehead atoms. The number of hydrogen-bond acceptors (Lipinski definition) is 6. The standard InChI is InChI=1S/C21H17ClN4O3S/c1-12-18(8-9-23-20(27)14-4-7-16-17(10-14)29-11-28-16)30-21-24-19(25-26(12)21)13-2-5-15(22)6-3-13/h2-7,10H,8-9,11H2,1H3,(H,23,27). The van der Waals surface area contributed by atoms with Crippen molar-refractivity contribution in [1.29, 1.82) is 0 Å². The SMILES string of the molecule is Cc1c(CCNC(=O)c2ccc3c(c2)OCO3)sc2nc(-c3ccc(Cl)cc3)nn12. The summed E-state index contributed by atoms with van der Waals surface area (Å²) in [6.45, 7) is 2.72. The highest BCUT2D eigenvalue weighted by molar-refractivity contribution is 7.17. The number of hydrogen-bond donors (Lipinski definition) is 1. The molecule has 2 aromatic heterocycles. The number of amides is 1. The van der Waals surface area contributed by atoms with Crippen molar-refractivity contribution in [2.24, 2.45) is 0 Å². The second kappa shape index (κ2) is 7.62. The van der Waals surface area contributed by atoms with Crippen LogP contribution < -0.4 is 14.8 Å². The van der Waals surface area contributed by atoms with Crippen LogP contribution in [0.3, 0.4) is 0 Å². The zero-order chi connectivity index (χ0) is 20.7. The second-order valence-corrected chi connectivity index (χ2v) is 8.32. The molecule has 152 valence electrons. The Morgan fingerprint density at radius 1 is 1.20 bits per heavy atom. The molecule has 4 aromatic rings. The number of carbonyl (C=O) groups is 1. The number of carbonyl (C=O) groups excluding carboxylic acids is 1. The van der Waals surface area contributed by atoms with Gasteiger partial charge in [0.15, 0.2) is 17.3 Å². The maximum absolute atomic E-state index is 12.4. The fraction of sp³-hybridized carbons (Fsp3) is 0.190. The Hall–Kier alpha value is -3.10. The Morgan fingerprint density at radius 2 is 2.00 bits per heavy atom. The van der Waals surface area contributed by atoms with Gasteiger partial charge in [-0.25, -0.2) is 4.52 Å². The molecule has 0 spiro atoms. The summed E-state index contributed by atoms with van der Waals surface area (Å²) in [6.07, 6.45) is 0.702. The van der Waals surface area contributed by atoms with E-state index < -0.39 is 0 Å². The summed E-state index contributed by atoms with van der Waals surface area (Å²) in [4.78, 5) is 19.0. The van der Waals surface area contributed by atoms with Gasteiger partial charge in [-0.2, -0.15) is 4.98 Å². The van der Waals surface area contributed by atoms with Gasteiger partial charge in [-0.15, -0.1) is 5.10 Å². The Kier molecular flexibility index (Phi) is 4.80. The third-order valence-electron chi connectivity index (χ3n) is 4.89. The normalized spacial score (nSPS) is 12.5. The maximum Gasteiger partial charge on any atom is 0.251 e. The van der Waals surface area contributed by atoms with Crippen molar-refractivity contribution in [3.05, 3.63) is 63.6 Å². The van der Waals surface area contributed by atoms with Crippen LogP contribution in [-0.2, 0) is 6.42 Å². The lowest BCUT2D eigenvalue weighted by Gasteiger charge is -2.06. The Balaban J connectivity index is 1.25. The third kappa shape index (κ3) is 3.48. The van der Waals surface area contributed by atoms with Crippen LogP contribution in [0, 0.1) is 6.92 Å². The van der Waals surface area contributed by atoms with Crippen LogP contribution in [0.15, 0.2) is 42.5 Å². The van der Waals surface area contributed by atoms with E-state index in [9.17, 15) is 4.79 Å². The summed E-state index contributed by atoms with van der Waals surface area (Å²) in [5.74, 6) is 1.79. The van der Waals surface area contributed by atoms with E-state index in [1.807, 2.05) is 35.7 Å². The molecule has 0 atom stereocenters. The fourth-order valence-electron chi connectivity index (χ4n) is 3.27. The van der Waals surface area contributed by atoms with Crippen molar-refractivity contribution in [3.63, 3.8) is 0 Å². The van der Waals surface area contributed by atoms with E-state index in [1.165, 1.54) is 0 Å². The minimum absolute atomic E-state index is 0.143. The van der Waals surface area contributed by atoms with E-state index in [-0.39, 0.29) is 12.7 Å². The highest BCUT2D eigenvalue weighted by atomic mass is 35.5. The number of aryl methyl sites for hydroxylation is 1. The van der Waals surface area contributed by atoms with Gasteiger partial charge >= 0.3 is 0 Å². The van der Waals surface area contributed by atoms with Crippen LogP contribution in [0.2, 0.25) is 5.02 Å². The van der Waals surface area contributed by atoms with Crippen LogP contribution >= 0.6 is 22.9 Å². The monoisotopic (exact) mass is 440 g/mol. The summed E-state index contributed by atoms with van der Waals surface area (Å²) in [7, 11) is 0. The highest BCUT2D eigenvalue weighted by Crippen LogP contribution is 2.32.